The molecule has 30 heavy (non-hydrogen) atoms. The second kappa shape index (κ2) is 6.59. The van der Waals surface area contributed by atoms with E-state index in [0.29, 0.717) is 10.8 Å². The third-order valence-electron chi connectivity index (χ3n) is 4.86. The molecule has 11 heteroatoms. The van der Waals surface area contributed by atoms with Gasteiger partial charge < -0.3 is 0 Å². The molecule has 0 saturated carbocycles. The van der Waals surface area contributed by atoms with Crippen LogP contribution in [0.3, 0.4) is 0 Å². The van der Waals surface area contributed by atoms with Gasteiger partial charge in [-0.1, -0.05) is 30.4 Å². The lowest BCUT2D eigenvalue weighted by atomic mass is 9.99. The number of halogens is 3. The first-order chi connectivity index (χ1) is 14.3. The predicted octanol–water partition coefficient (Wildman–Crippen LogP) is 4.31. The first-order valence-electron chi connectivity index (χ1n) is 8.99. The van der Waals surface area contributed by atoms with E-state index in [-0.39, 0.29) is 16.5 Å². The fourth-order valence-electron chi connectivity index (χ4n) is 3.38. The monoisotopic (exact) mass is 429 g/mol. The van der Waals surface area contributed by atoms with Crippen molar-refractivity contribution in [3.63, 3.8) is 0 Å². The van der Waals surface area contributed by atoms with Gasteiger partial charge in [-0.05, 0) is 23.8 Å². The summed E-state index contributed by atoms with van der Waals surface area (Å²) in [4.78, 5) is 4.74. The largest absolute Gasteiger partial charge is 0.435 e. The van der Waals surface area contributed by atoms with E-state index in [1.54, 1.807) is 6.20 Å². The number of rotatable bonds is 3. The van der Waals surface area contributed by atoms with Gasteiger partial charge in [-0.15, -0.1) is 10.2 Å². The van der Waals surface area contributed by atoms with Gasteiger partial charge in [0.25, 0.3) is 0 Å². The van der Waals surface area contributed by atoms with Crippen molar-refractivity contribution in [2.24, 2.45) is 7.05 Å². The average molecular weight is 429 g/mol. The number of aromatic nitrogens is 7. The molecule has 0 radical (unpaired) electrons. The zero-order chi connectivity index (χ0) is 21.0. The van der Waals surface area contributed by atoms with Crippen LogP contribution in [-0.4, -0.2) is 34.6 Å². The summed E-state index contributed by atoms with van der Waals surface area (Å²) in [5.74, 6) is 0.378. The Bertz CT molecular complexity index is 1380. The van der Waals surface area contributed by atoms with E-state index in [9.17, 15) is 13.2 Å². The Labute approximate surface area is 171 Å². The Hall–Kier alpha value is -3.34. The van der Waals surface area contributed by atoms with E-state index in [2.05, 4.69) is 25.4 Å². The van der Waals surface area contributed by atoms with E-state index in [1.807, 2.05) is 37.3 Å². The molecule has 0 N–H and O–H groups in total. The maximum Gasteiger partial charge on any atom is 0.435 e. The third kappa shape index (κ3) is 3.02. The van der Waals surface area contributed by atoms with Gasteiger partial charge in [0.15, 0.2) is 16.5 Å². The van der Waals surface area contributed by atoms with Crippen LogP contribution in [0.5, 0.6) is 0 Å². The molecule has 0 fully saturated rings. The normalized spacial score (nSPS) is 13.4. The van der Waals surface area contributed by atoms with Crippen molar-refractivity contribution in [2.45, 2.75) is 19.0 Å². The molecule has 0 saturated heterocycles. The van der Waals surface area contributed by atoms with Gasteiger partial charge in [0.2, 0.25) is 4.96 Å². The molecule has 4 heterocycles. The number of benzene rings is 1. The predicted molar refractivity (Wildman–Crippen MR) is 105 cm³/mol. The molecule has 5 rings (SSSR count). The summed E-state index contributed by atoms with van der Waals surface area (Å²) < 4.78 is 42.7. The number of nitrogens with zero attached hydrogens (tertiary/aromatic N) is 7. The quantitative estimate of drug-likeness (QED) is 0.427. The molecular formula is C19H14F3N7S. The van der Waals surface area contributed by atoms with Gasteiger partial charge in [0.1, 0.15) is 0 Å². The second-order valence-corrected chi connectivity index (χ2v) is 7.86. The molecule has 0 spiro atoms. The van der Waals surface area contributed by atoms with Crippen LogP contribution in [0.1, 0.15) is 29.9 Å². The summed E-state index contributed by atoms with van der Waals surface area (Å²) in [6, 6.07) is 9.74. The van der Waals surface area contributed by atoms with Crippen molar-refractivity contribution in [1.29, 1.82) is 0 Å². The van der Waals surface area contributed by atoms with Crippen LogP contribution in [0.15, 0.2) is 42.7 Å². The van der Waals surface area contributed by atoms with Crippen molar-refractivity contribution in [2.75, 3.05) is 0 Å². The summed E-state index contributed by atoms with van der Waals surface area (Å²) in [6.07, 6.45) is -1.52. The lowest BCUT2D eigenvalue weighted by molar-refractivity contribution is -0.140. The highest BCUT2D eigenvalue weighted by atomic mass is 32.1. The van der Waals surface area contributed by atoms with Crippen LogP contribution in [0, 0.1) is 0 Å². The van der Waals surface area contributed by atoms with E-state index >= 15 is 0 Å². The van der Waals surface area contributed by atoms with E-state index in [0.717, 1.165) is 32.5 Å². The molecule has 0 aliphatic carbocycles. The molecule has 0 aliphatic heterocycles. The summed E-state index contributed by atoms with van der Waals surface area (Å²) in [6.45, 7) is 1.96. The summed E-state index contributed by atoms with van der Waals surface area (Å²) in [7, 11) is 1.45. The van der Waals surface area contributed by atoms with Crippen molar-refractivity contribution in [3.05, 3.63) is 59.8 Å². The van der Waals surface area contributed by atoms with Gasteiger partial charge in [0, 0.05) is 30.7 Å². The topological polar surface area (TPSA) is 73.8 Å². The minimum Gasteiger partial charge on any atom is -0.274 e. The van der Waals surface area contributed by atoms with Gasteiger partial charge in [0.05, 0.1) is 11.1 Å². The molecule has 0 bridgehead atoms. The van der Waals surface area contributed by atoms with Crippen LogP contribution in [0.2, 0.25) is 0 Å². The van der Waals surface area contributed by atoms with Gasteiger partial charge in [-0.2, -0.15) is 27.9 Å². The molecule has 152 valence electrons. The molecule has 0 unspecified atom stereocenters. The maximum atomic E-state index is 13.3. The fourth-order valence-corrected chi connectivity index (χ4v) is 4.24. The van der Waals surface area contributed by atoms with Crippen molar-refractivity contribution >= 4 is 27.2 Å². The standard InChI is InChI=1S/C19H14F3N7S/c1-10(11-5-6-14-12(8-11)4-3-7-23-14)16-24-25-18-29(16)27-17(30-18)13-9-28(2)26-15(13)19(20,21)22/h3-10H,1-2H3/t10-/m0/s1. The number of hydrogen-bond acceptors (Lipinski definition) is 6. The smallest absolute Gasteiger partial charge is 0.274 e. The highest BCUT2D eigenvalue weighted by Crippen LogP contribution is 2.38. The van der Waals surface area contributed by atoms with Crippen LogP contribution in [-0.2, 0) is 13.2 Å². The number of pyridine rings is 1. The number of alkyl halides is 3. The molecule has 0 aliphatic rings. The van der Waals surface area contributed by atoms with Gasteiger partial charge in [-0.25, -0.2) is 0 Å². The zero-order valence-corrected chi connectivity index (χ0v) is 16.6. The van der Waals surface area contributed by atoms with E-state index in [1.165, 1.54) is 17.8 Å². The molecular weight excluding hydrogens is 415 g/mol. The summed E-state index contributed by atoms with van der Waals surface area (Å²) in [5.41, 5.74) is 0.825. The summed E-state index contributed by atoms with van der Waals surface area (Å²) in [5, 5.41) is 17.5. The average Bonchev–Trinajstić information content (AvgIpc) is 3.40. The van der Waals surface area contributed by atoms with Crippen molar-refractivity contribution in [3.8, 4) is 10.6 Å². The first-order valence-corrected chi connectivity index (χ1v) is 9.81. The molecule has 7 nitrogen and oxygen atoms in total. The van der Waals surface area contributed by atoms with Crippen molar-refractivity contribution < 1.29 is 13.2 Å². The minimum atomic E-state index is -4.57. The highest BCUT2D eigenvalue weighted by molar-refractivity contribution is 7.19. The molecule has 0 amide bonds. The highest BCUT2D eigenvalue weighted by Gasteiger charge is 2.38. The Morgan fingerprint density at radius 3 is 2.73 bits per heavy atom. The third-order valence-corrected chi connectivity index (χ3v) is 5.79. The molecule has 4 aromatic heterocycles. The maximum absolute atomic E-state index is 13.3. The molecule has 5 aromatic rings. The van der Waals surface area contributed by atoms with Gasteiger partial charge in [-0.3, -0.25) is 9.67 Å². The summed E-state index contributed by atoms with van der Waals surface area (Å²) >= 11 is 1.04. The lowest BCUT2D eigenvalue weighted by Gasteiger charge is -2.10. The Kier molecular flexibility index (Phi) is 4.10. The van der Waals surface area contributed by atoms with E-state index in [4.69, 9.17) is 0 Å². The molecule has 1 atom stereocenters. The zero-order valence-electron chi connectivity index (χ0n) is 15.8. The Morgan fingerprint density at radius 1 is 1.10 bits per heavy atom. The van der Waals surface area contributed by atoms with Gasteiger partial charge >= 0.3 is 6.18 Å². The van der Waals surface area contributed by atoms with Crippen LogP contribution in [0.4, 0.5) is 13.2 Å². The SMILES string of the molecule is C[C@@H](c1ccc2ncccc2c1)c1nnc2sc(-c3cn(C)nc3C(F)(F)F)nn12. The Balaban J connectivity index is 1.58. The van der Waals surface area contributed by atoms with Crippen LogP contribution < -0.4 is 0 Å². The second-order valence-electron chi connectivity index (χ2n) is 6.90. The number of hydrogen-bond donors (Lipinski definition) is 0. The Morgan fingerprint density at radius 2 is 1.93 bits per heavy atom. The van der Waals surface area contributed by atoms with Crippen LogP contribution in [0.25, 0.3) is 26.4 Å². The number of fused-ring (bicyclic) bond motifs is 2. The lowest BCUT2D eigenvalue weighted by Crippen LogP contribution is -2.08. The van der Waals surface area contributed by atoms with Crippen molar-refractivity contribution in [1.82, 2.24) is 34.6 Å². The van der Waals surface area contributed by atoms with E-state index < -0.39 is 11.9 Å². The first kappa shape index (κ1) is 18.7. The molecule has 1 aromatic carbocycles. The fraction of sp³-hybridized carbons (Fsp3) is 0.211. The minimum absolute atomic E-state index is 0.0733. The number of aryl methyl sites for hydroxylation is 1. The van der Waals surface area contributed by atoms with Crippen LogP contribution >= 0.6 is 11.3 Å².